The van der Waals surface area contributed by atoms with Crippen LogP contribution in [0.5, 0.6) is 11.5 Å². The third-order valence-electron chi connectivity index (χ3n) is 6.59. The standard InChI is InChI=1S/C30H31ClN2O4/c31-25-9-7-23(8-10-25)21-33-16-14-32(15-17-33)13-4-18-35-26-11-12-27-28(20-30(34)37-29(27)19-26)36-22-24-5-2-1-3-6-24/h1-3,5-12,19-20H,4,13-18,21-22H2. The molecule has 0 spiro atoms. The molecule has 0 atom stereocenters. The van der Waals surface area contributed by atoms with E-state index >= 15 is 0 Å². The molecule has 1 fully saturated rings. The van der Waals surface area contributed by atoms with Gasteiger partial charge in [-0.1, -0.05) is 54.1 Å². The van der Waals surface area contributed by atoms with Crippen molar-refractivity contribution in [2.45, 2.75) is 19.6 Å². The Labute approximate surface area is 222 Å². The second-order valence-corrected chi connectivity index (χ2v) is 9.74. The Bertz CT molecular complexity index is 1350. The van der Waals surface area contributed by atoms with Crippen LogP contribution in [0.25, 0.3) is 11.0 Å². The average molecular weight is 519 g/mol. The normalized spacial score (nSPS) is 14.6. The number of halogens is 1. The van der Waals surface area contributed by atoms with Crippen molar-refractivity contribution in [1.29, 1.82) is 0 Å². The van der Waals surface area contributed by atoms with Gasteiger partial charge in [-0.15, -0.1) is 0 Å². The second kappa shape index (κ2) is 12.3. The highest BCUT2D eigenvalue weighted by Gasteiger charge is 2.16. The van der Waals surface area contributed by atoms with Gasteiger partial charge in [-0.25, -0.2) is 4.79 Å². The van der Waals surface area contributed by atoms with Crippen LogP contribution in [0, 0.1) is 0 Å². The molecule has 0 N–H and O–H groups in total. The van der Waals surface area contributed by atoms with E-state index in [0.29, 0.717) is 30.3 Å². The zero-order chi connectivity index (χ0) is 25.5. The fourth-order valence-corrected chi connectivity index (χ4v) is 4.68. The Balaban J connectivity index is 1.08. The highest BCUT2D eigenvalue weighted by Crippen LogP contribution is 2.28. The van der Waals surface area contributed by atoms with E-state index in [2.05, 4.69) is 21.9 Å². The lowest BCUT2D eigenvalue weighted by molar-refractivity contribution is 0.121. The van der Waals surface area contributed by atoms with Crippen molar-refractivity contribution in [3.8, 4) is 11.5 Å². The number of rotatable bonds is 10. The van der Waals surface area contributed by atoms with E-state index in [1.807, 2.05) is 54.6 Å². The lowest BCUT2D eigenvalue weighted by Crippen LogP contribution is -2.46. The molecule has 0 aliphatic carbocycles. The van der Waals surface area contributed by atoms with Crippen LogP contribution in [0.4, 0.5) is 0 Å². The molecule has 1 aliphatic heterocycles. The van der Waals surface area contributed by atoms with Crippen LogP contribution in [-0.4, -0.2) is 49.1 Å². The van der Waals surface area contributed by atoms with Gasteiger partial charge in [0.15, 0.2) is 0 Å². The van der Waals surface area contributed by atoms with Gasteiger partial charge in [0.25, 0.3) is 0 Å². The topological polar surface area (TPSA) is 55.2 Å². The van der Waals surface area contributed by atoms with Crippen molar-refractivity contribution in [2.24, 2.45) is 0 Å². The van der Waals surface area contributed by atoms with E-state index < -0.39 is 5.63 Å². The van der Waals surface area contributed by atoms with Gasteiger partial charge in [0.05, 0.1) is 18.1 Å². The maximum atomic E-state index is 12.1. The van der Waals surface area contributed by atoms with Gasteiger partial charge in [0, 0.05) is 50.4 Å². The molecule has 0 radical (unpaired) electrons. The minimum absolute atomic E-state index is 0.382. The molecule has 2 heterocycles. The number of fused-ring (bicyclic) bond motifs is 1. The number of piperazine rings is 1. The average Bonchev–Trinajstić information content (AvgIpc) is 2.92. The monoisotopic (exact) mass is 518 g/mol. The lowest BCUT2D eigenvalue weighted by atomic mass is 10.2. The Morgan fingerprint density at radius 2 is 1.57 bits per heavy atom. The highest BCUT2D eigenvalue weighted by molar-refractivity contribution is 6.30. The Morgan fingerprint density at radius 1 is 0.811 bits per heavy atom. The Kier molecular flexibility index (Phi) is 8.41. The maximum absolute atomic E-state index is 12.1. The summed E-state index contributed by atoms with van der Waals surface area (Å²) < 4.78 is 17.3. The summed E-state index contributed by atoms with van der Waals surface area (Å²) in [6.07, 6.45) is 0.930. The summed E-state index contributed by atoms with van der Waals surface area (Å²) in [5, 5.41) is 1.53. The molecule has 1 aromatic heterocycles. The molecule has 192 valence electrons. The zero-order valence-corrected chi connectivity index (χ0v) is 21.5. The summed E-state index contributed by atoms with van der Waals surface area (Å²) in [7, 11) is 0. The molecule has 5 rings (SSSR count). The molecule has 3 aromatic carbocycles. The number of ether oxygens (including phenoxy) is 2. The van der Waals surface area contributed by atoms with Crippen molar-refractivity contribution in [2.75, 3.05) is 39.3 Å². The van der Waals surface area contributed by atoms with Crippen LogP contribution in [-0.2, 0) is 13.2 Å². The van der Waals surface area contributed by atoms with E-state index in [9.17, 15) is 4.79 Å². The predicted molar refractivity (Wildman–Crippen MR) is 147 cm³/mol. The third-order valence-corrected chi connectivity index (χ3v) is 6.84. The molecule has 0 saturated carbocycles. The largest absolute Gasteiger partial charge is 0.493 e. The quantitative estimate of drug-likeness (QED) is 0.201. The van der Waals surface area contributed by atoms with Crippen LogP contribution in [0.15, 0.2) is 88.1 Å². The Morgan fingerprint density at radius 3 is 2.35 bits per heavy atom. The van der Waals surface area contributed by atoms with Gasteiger partial charge < -0.3 is 18.8 Å². The maximum Gasteiger partial charge on any atom is 0.339 e. The Hall–Kier alpha value is -3.32. The predicted octanol–water partition coefficient (Wildman–Crippen LogP) is 5.61. The van der Waals surface area contributed by atoms with Crippen LogP contribution in [0.2, 0.25) is 5.02 Å². The summed E-state index contributed by atoms with van der Waals surface area (Å²) in [4.78, 5) is 17.1. The molecule has 37 heavy (non-hydrogen) atoms. The summed E-state index contributed by atoms with van der Waals surface area (Å²) in [5.41, 5.74) is 2.35. The van der Waals surface area contributed by atoms with Crippen LogP contribution in [0.1, 0.15) is 17.5 Å². The van der Waals surface area contributed by atoms with E-state index in [1.54, 1.807) is 6.07 Å². The van der Waals surface area contributed by atoms with E-state index in [-0.39, 0.29) is 0 Å². The molecule has 1 aliphatic rings. The molecule has 1 saturated heterocycles. The summed E-state index contributed by atoms with van der Waals surface area (Å²) >= 11 is 5.99. The number of benzene rings is 3. The van der Waals surface area contributed by atoms with Gasteiger partial charge in [0.1, 0.15) is 23.7 Å². The fraction of sp³-hybridized carbons (Fsp3) is 0.300. The van der Waals surface area contributed by atoms with Gasteiger partial charge in [-0.2, -0.15) is 0 Å². The molecule has 4 aromatic rings. The number of nitrogens with zero attached hydrogens (tertiary/aromatic N) is 2. The van der Waals surface area contributed by atoms with Crippen LogP contribution >= 0.6 is 11.6 Å². The summed E-state index contributed by atoms with van der Waals surface area (Å²) in [6.45, 7) is 7.17. The number of hydrogen-bond acceptors (Lipinski definition) is 6. The minimum atomic E-state index is -0.442. The van der Waals surface area contributed by atoms with E-state index in [0.717, 1.165) is 61.7 Å². The second-order valence-electron chi connectivity index (χ2n) is 9.31. The lowest BCUT2D eigenvalue weighted by Gasteiger charge is -2.34. The SMILES string of the molecule is O=c1cc(OCc2ccccc2)c2ccc(OCCCN3CCN(Cc4ccc(Cl)cc4)CC3)cc2o1. The number of hydrogen-bond donors (Lipinski definition) is 0. The van der Waals surface area contributed by atoms with Crippen molar-refractivity contribution in [1.82, 2.24) is 9.80 Å². The molecular weight excluding hydrogens is 488 g/mol. The molecule has 0 bridgehead atoms. The van der Waals surface area contributed by atoms with Crippen LogP contribution < -0.4 is 15.1 Å². The molecular formula is C30H31ClN2O4. The minimum Gasteiger partial charge on any atom is -0.493 e. The van der Waals surface area contributed by atoms with Crippen LogP contribution in [0.3, 0.4) is 0 Å². The van der Waals surface area contributed by atoms with Crippen molar-refractivity contribution >= 4 is 22.6 Å². The van der Waals surface area contributed by atoms with E-state index in [4.69, 9.17) is 25.5 Å². The molecule has 7 heteroatoms. The first-order valence-corrected chi connectivity index (χ1v) is 13.1. The summed E-state index contributed by atoms with van der Waals surface area (Å²) in [5.74, 6) is 1.19. The van der Waals surface area contributed by atoms with E-state index in [1.165, 1.54) is 11.6 Å². The van der Waals surface area contributed by atoms with Crippen molar-refractivity contribution in [3.05, 3.63) is 105 Å². The van der Waals surface area contributed by atoms with Gasteiger partial charge >= 0.3 is 5.63 Å². The first-order chi connectivity index (χ1) is 18.1. The molecule has 6 nitrogen and oxygen atoms in total. The molecule has 0 amide bonds. The van der Waals surface area contributed by atoms with Crippen molar-refractivity contribution < 1.29 is 13.9 Å². The summed E-state index contributed by atoms with van der Waals surface area (Å²) in [6, 6.07) is 24.9. The smallest absolute Gasteiger partial charge is 0.339 e. The zero-order valence-electron chi connectivity index (χ0n) is 20.8. The first-order valence-electron chi connectivity index (χ1n) is 12.7. The fourth-order valence-electron chi connectivity index (χ4n) is 4.56. The van der Waals surface area contributed by atoms with Gasteiger partial charge in [0.2, 0.25) is 0 Å². The van der Waals surface area contributed by atoms with Crippen molar-refractivity contribution in [3.63, 3.8) is 0 Å². The highest BCUT2D eigenvalue weighted by atomic mass is 35.5. The molecule has 0 unspecified atom stereocenters. The first kappa shape index (κ1) is 25.3. The van der Waals surface area contributed by atoms with Gasteiger partial charge in [-0.05, 0) is 41.8 Å². The third kappa shape index (κ3) is 7.13. The van der Waals surface area contributed by atoms with Gasteiger partial charge in [-0.3, -0.25) is 4.90 Å².